The molecule has 18 heavy (non-hydrogen) atoms. The van der Waals surface area contributed by atoms with Crippen molar-refractivity contribution in [3.8, 4) is 11.5 Å². The first-order valence-corrected chi connectivity index (χ1v) is 5.52. The van der Waals surface area contributed by atoms with Gasteiger partial charge in [-0.25, -0.2) is 9.97 Å². The molecule has 8 nitrogen and oxygen atoms in total. The average molecular weight is 251 g/mol. The summed E-state index contributed by atoms with van der Waals surface area (Å²) in [7, 11) is 0. The van der Waals surface area contributed by atoms with Gasteiger partial charge in [0.05, 0.1) is 6.54 Å². The number of hydrogen-bond acceptors (Lipinski definition) is 8. The molecule has 0 saturated heterocycles. The maximum Gasteiger partial charge on any atom is 0.255 e. The first kappa shape index (κ1) is 13.8. The molecule has 0 aliphatic rings. The molecule has 0 atom stereocenters. The van der Waals surface area contributed by atoms with Crippen molar-refractivity contribution in [3.05, 3.63) is 12.2 Å². The molecule has 0 spiro atoms. The molecule has 2 rings (SSSR count). The Balaban J connectivity index is 0.000000492. The highest BCUT2D eigenvalue weighted by atomic mass is 16.4. The van der Waals surface area contributed by atoms with E-state index in [4.69, 9.17) is 21.6 Å². The van der Waals surface area contributed by atoms with E-state index in [-0.39, 0.29) is 24.1 Å². The molecule has 0 bridgehead atoms. The standard InChI is InChI=1S/C7H9N7O.C3H8/c8-1-3-13-14-7(15-3)4-5(9)11-2-12-6(4)10;1-3-2/h2H,1,8H2,(H4,9,10,11,12);3H2,1-2H3. The zero-order chi connectivity index (χ0) is 13.5. The predicted octanol–water partition coefficient (Wildman–Crippen LogP) is 0.566. The molecule has 0 fully saturated rings. The maximum absolute atomic E-state index is 5.61. The van der Waals surface area contributed by atoms with E-state index in [1.54, 1.807) is 0 Å². The second-order valence-corrected chi connectivity index (χ2v) is 3.43. The molecule has 0 aliphatic heterocycles. The minimum Gasteiger partial charge on any atom is -0.419 e. The van der Waals surface area contributed by atoms with Gasteiger partial charge >= 0.3 is 0 Å². The number of nitrogens with zero attached hydrogens (tertiary/aromatic N) is 4. The summed E-state index contributed by atoms with van der Waals surface area (Å²) in [5.41, 5.74) is 16.9. The van der Waals surface area contributed by atoms with Gasteiger partial charge < -0.3 is 21.6 Å². The van der Waals surface area contributed by atoms with Crippen LogP contribution in [-0.4, -0.2) is 20.2 Å². The number of nitrogen functional groups attached to an aromatic ring is 2. The topological polar surface area (TPSA) is 143 Å². The van der Waals surface area contributed by atoms with E-state index in [2.05, 4.69) is 34.0 Å². The first-order valence-electron chi connectivity index (χ1n) is 5.52. The molecule has 0 unspecified atom stereocenters. The largest absolute Gasteiger partial charge is 0.419 e. The lowest BCUT2D eigenvalue weighted by Gasteiger charge is -2.01. The van der Waals surface area contributed by atoms with Gasteiger partial charge in [0.1, 0.15) is 23.5 Å². The van der Waals surface area contributed by atoms with Crippen molar-refractivity contribution in [2.45, 2.75) is 26.8 Å². The highest BCUT2D eigenvalue weighted by Crippen LogP contribution is 2.26. The number of hydrogen-bond donors (Lipinski definition) is 3. The highest BCUT2D eigenvalue weighted by molar-refractivity contribution is 5.76. The second kappa shape index (κ2) is 6.50. The van der Waals surface area contributed by atoms with E-state index in [1.165, 1.54) is 12.7 Å². The average Bonchev–Trinajstić information content (AvgIpc) is 2.78. The lowest BCUT2D eigenvalue weighted by Crippen LogP contribution is -2.01. The van der Waals surface area contributed by atoms with E-state index < -0.39 is 0 Å². The minimum atomic E-state index is 0.153. The van der Waals surface area contributed by atoms with Gasteiger partial charge in [0, 0.05) is 0 Å². The normalized spacial score (nSPS) is 9.72. The summed E-state index contributed by atoms with van der Waals surface area (Å²) in [4.78, 5) is 7.56. The Kier molecular flexibility index (Phi) is 5.00. The minimum absolute atomic E-state index is 0.153. The van der Waals surface area contributed by atoms with Crippen molar-refractivity contribution in [2.75, 3.05) is 11.5 Å². The van der Waals surface area contributed by atoms with Crippen molar-refractivity contribution in [1.82, 2.24) is 20.2 Å². The van der Waals surface area contributed by atoms with Gasteiger partial charge in [-0.05, 0) is 0 Å². The number of anilines is 2. The molecular formula is C10H17N7O. The molecule has 0 amide bonds. The Bertz CT molecular complexity index is 476. The van der Waals surface area contributed by atoms with E-state index in [1.807, 2.05) is 0 Å². The number of aromatic nitrogens is 4. The van der Waals surface area contributed by atoms with E-state index >= 15 is 0 Å². The van der Waals surface area contributed by atoms with Crippen LogP contribution < -0.4 is 17.2 Å². The Morgan fingerprint density at radius 2 is 1.67 bits per heavy atom. The third-order valence-corrected chi connectivity index (χ3v) is 1.76. The van der Waals surface area contributed by atoms with Crippen LogP contribution in [0.2, 0.25) is 0 Å². The fourth-order valence-electron chi connectivity index (χ4n) is 1.07. The molecule has 2 aromatic heterocycles. The van der Waals surface area contributed by atoms with Gasteiger partial charge in [-0.1, -0.05) is 20.3 Å². The number of rotatable bonds is 2. The van der Waals surface area contributed by atoms with Crippen LogP contribution in [0, 0.1) is 0 Å². The summed E-state index contributed by atoms with van der Waals surface area (Å²) >= 11 is 0. The zero-order valence-corrected chi connectivity index (χ0v) is 10.4. The van der Waals surface area contributed by atoms with Crippen molar-refractivity contribution < 1.29 is 4.42 Å². The van der Waals surface area contributed by atoms with Crippen LogP contribution in [0.15, 0.2) is 10.7 Å². The van der Waals surface area contributed by atoms with Crippen LogP contribution in [0.25, 0.3) is 11.5 Å². The van der Waals surface area contributed by atoms with Crippen molar-refractivity contribution in [2.24, 2.45) is 5.73 Å². The van der Waals surface area contributed by atoms with Crippen molar-refractivity contribution >= 4 is 11.6 Å². The monoisotopic (exact) mass is 251 g/mol. The summed E-state index contributed by atoms with van der Waals surface area (Å²) < 4.78 is 5.19. The summed E-state index contributed by atoms with van der Waals surface area (Å²) in [6, 6.07) is 0. The van der Waals surface area contributed by atoms with Gasteiger partial charge in [-0.15, -0.1) is 10.2 Å². The van der Waals surface area contributed by atoms with Crippen LogP contribution in [0.1, 0.15) is 26.2 Å². The molecule has 2 heterocycles. The SMILES string of the molecule is CCC.NCc1nnc(-c2c(N)ncnc2N)o1. The second-order valence-electron chi connectivity index (χ2n) is 3.43. The Labute approximate surface area is 105 Å². The van der Waals surface area contributed by atoms with E-state index in [0.29, 0.717) is 11.5 Å². The zero-order valence-electron chi connectivity index (χ0n) is 10.4. The molecule has 0 aliphatic carbocycles. The van der Waals surface area contributed by atoms with Crippen LogP contribution in [0.3, 0.4) is 0 Å². The molecule has 6 N–H and O–H groups in total. The first-order chi connectivity index (χ1) is 8.63. The molecular weight excluding hydrogens is 234 g/mol. The lowest BCUT2D eigenvalue weighted by atomic mass is 10.3. The maximum atomic E-state index is 5.61. The Hall–Kier alpha value is -2.22. The lowest BCUT2D eigenvalue weighted by molar-refractivity contribution is 0.509. The summed E-state index contributed by atoms with van der Waals surface area (Å²) in [5, 5.41) is 7.43. The van der Waals surface area contributed by atoms with Gasteiger partial charge in [-0.2, -0.15) is 0 Å². The number of nitrogens with two attached hydrogens (primary N) is 3. The van der Waals surface area contributed by atoms with E-state index in [9.17, 15) is 0 Å². The third-order valence-electron chi connectivity index (χ3n) is 1.76. The molecule has 0 saturated carbocycles. The fourth-order valence-corrected chi connectivity index (χ4v) is 1.07. The Morgan fingerprint density at radius 1 is 1.11 bits per heavy atom. The van der Waals surface area contributed by atoms with Crippen molar-refractivity contribution in [3.63, 3.8) is 0 Å². The predicted molar refractivity (Wildman–Crippen MR) is 68.0 cm³/mol. The molecule has 0 aromatic carbocycles. The molecule has 98 valence electrons. The smallest absolute Gasteiger partial charge is 0.255 e. The van der Waals surface area contributed by atoms with Crippen molar-refractivity contribution in [1.29, 1.82) is 0 Å². The van der Waals surface area contributed by atoms with Crippen LogP contribution in [0.5, 0.6) is 0 Å². The van der Waals surface area contributed by atoms with Crippen LogP contribution in [0.4, 0.5) is 11.6 Å². The van der Waals surface area contributed by atoms with Gasteiger partial charge in [0.2, 0.25) is 5.89 Å². The highest BCUT2D eigenvalue weighted by Gasteiger charge is 2.15. The fraction of sp³-hybridized carbons (Fsp3) is 0.400. The molecule has 0 radical (unpaired) electrons. The summed E-state index contributed by atoms with van der Waals surface area (Å²) in [5.74, 6) is 0.850. The van der Waals surface area contributed by atoms with Gasteiger partial charge in [0.15, 0.2) is 0 Å². The van der Waals surface area contributed by atoms with Gasteiger partial charge in [0.25, 0.3) is 5.89 Å². The van der Waals surface area contributed by atoms with Crippen LogP contribution in [-0.2, 0) is 6.54 Å². The molecule has 2 aromatic rings. The summed E-state index contributed by atoms with van der Waals surface area (Å²) in [6.07, 6.45) is 2.51. The van der Waals surface area contributed by atoms with Crippen LogP contribution >= 0.6 is 0 Å². The van der Waals surface area contributed by atoms with Gasteiger partial charge in [-0.3, -0.25) is 0 Å². The molecule has 8 heteroatoms. The quantitative estimate of drug-likeness (QED) is 0.702. The van der Waals surface area contributed by atoms with E-state index in [0.717, 1.165) is 0 Å². The third kappa shape index (κ3) is 3.14. The summed E-state index contributed by atoms with van der Waals surface area (Å²) in [6.45, 7) is 4.40. The Morgan fingerprint density at radius 3 is 2.11 bits per heavy atom.